The van der Waals surface area contributed by atoms with Gasteiger partial charge in [0.2, 0.25) is 0 Å². The molecule has 0 saturated carbocycles. The van der Waals surface area contributed by atoms with E-state index in [4.69, 9.17) is 9.72 Å². The van der Waals surface area contributed by atoms with Crippen molar-refractivity contribution in [2.24, 2.45) is 5.92 Å². The normalized spacial score (nSPS) is 23.1. The molecule has 0 N–H and O–H groups in total. The van der Waals surface area contributed by atoms with E-state index in [1.807, 2.05) is 0 Å². The number of hydrogen-bond donors (Lipinski definition) is 0. The Labute approximate surface area is 182 Å². The van der Waals surface area contributed by atoms with Gasteiger partial charge in [-0.2, -0.15) is 5.26 Å². The summed E-state index contributed by atoms with van der Waals surface area (Å²) in [5, 5.41) is 21.2. The number of nitrogens with zero attached hydrogens (tertiary/aromatic N) is 5. The average Bonchev–Trinajstić information content (AvgIpc) is 2.76. The summed E-state index contributed by atoms with van der Waals surface area (Å²) in [6.45, 7) is 9.26. The van der Waals surface area contributed by atoms with E-state index in [1.54, 1.807) is 12.1 Å². The van der Waals surface area contributed by atoms with Crippen molar-refractivity contribution < 1.29 is 9.66 Å². The van der Waals surface area contributed by atoms with Gasteiger partial charge in [0.1, 0.15) is 5.82 Å². The number of fused-ring (bicyclic) bond motifs is 1. The Morgan fingerprint density at radius 2 is 1.94 bits per heavy atom. The molecule has 2 unspecified atom stereocenters. The van der Waals surface area contributed by atoms with Crippen molar-refractivity contribution in [1.82, 2.24) is 9.88 Å². The molecule has 4 rings (SSSR count). The Bertz CT molecular complexity index is 987. The molecule has 31 heavy (non-hydrogen) atoms. The van der Waals surface area contributed by atoms with E-state index < -0.39 is 4.92 Å². The standard InChI is InChI=1S/C23H29N5O3/c1-16-14-26(15-17(2)31-16)8-5-18-6-9-27(10-7-18)23-11-19(13-24)21-12-20(28(29)30)3-4-22(21)25-23/h3-4,11-12,16-18H,5-10,14-15H2,1-2H3. The van der Waals surface area contributed by atoms with Crippen LogP contribution in [-0.2, 0) is 4.74 Å². The lowest BCUT2D eigenvalue weighted by atomic mass is 9.93. The van der Waals surface area contributed by atoms with Crippen LogP contribution in [0, 0.1) is 27.4 Å². The largest absolute Gasteiger partial charge is 0.373 e. The van der Waals surface area contributed by atoms with Gasteiger partial charge in [-0.25, -0.2) is 4.98 Å². The fourth-order valence-electron chi connectivity index (χ4n) is 4.85. The maximum atomic E-state index is 11.1. The van der Waals surface area contributed by atoms with Crippen LogP contribution in [0.3, 0.4) is 0 Å². The SMILES string of the molecule is CC1CN(CCC2CCN(c3cc(C#N)c4cc([N+](=O)[O-])ccc4n3)CC2)CC(C)O1. The average molecular weight is 424 g/mol. The highest BCUT2D eigenvalue weighted by Gasteiger charge is 2.25. The summed E-state index contributed by atoms with van der Waals surface area (Å²) in [6.07, 6.45) is 4.03. The molecule has 0 radical (unpaired) electrons. The zero-order valence-corrected chi connectivity index (χ0v) is 18.2. The van der Waals surface area contributed by atoms with E-state index in [0.29, 0.717) is 34.6 Å². The first-order valence-corrected chi connectivity index (χ1v) is 11.0. The van der Waals surface area contributed by atoms with E-state index in [9.17, 15) is 15.4 Å². The molecule has 2 aliphatic heterocycles. The summed E-state index contributed by atoms with van der Waals surface area (Å²) in [4.78, 5) is 20.1. The fraction of sp³-hybridized carbons (Fsp3) is 0.565. The lowest BCUT2D eigenvalue weighted by molar-refractivity contribution is -0.384. The van der Waals surface area contributed by atoms with Crippen molar-refractivity contribution in [3.05, 3.63) is 39.9 Å². The number of morpholine rings is 1. The minimum Gasteiger partial charge on any atom is -0.373 e. The van der Waals surface area contributed by atoms with Crippen LogP contribution in [0.15, 0.2) is 24.3 Å². The molecule has 0 amide bonds. The van der Waals surface area contributed by atoms with Crippen LogP contribution in [0.2, 0.25) is 0 Å². The van der Waals surface area contributed by atoms with Gasteiger partial charge in [-0.15, -0.1) is 0 Å². The monoisotopic (exact) mass is 423 g/mol. The molecule has 164 valence electrons. The first-order valence-electron chi connectivity index (χ1n) is 11.0. The van der Waals surface area contributed by atoms with Crippen LogP contribution in [-0.4, -0.2) is 59.7 Å². The molecule has 2 aliphatic rings. The molecule has 0 bridgehead atoms. The molecule has 8 nitrogen and oxygen atoms in total. The van der Waals surface area contributed by atoms with Gasteiger partial charge in [0, 0.05) is 43.7 Å². The van der Waals surface area contributed by atoms with Crippen LogP contribution in [0.25, 0.3) is 10.9 Å². The summed E-state index contributed by atoms with van der Waals surface area (Å²) in [6, 6.07) is 8.46. The topological polar surface area (TPSA) is 95.5 Å². The Hall–Kier alpha value is -2.76. The number of piperidine rings is 1. The number of nitriles is 1. The Morgan fingerprint density at radius 1 is 1.23 bits per heavy atom. The van der Waals surface area contributed by atoms with E-state index in [-0.39, 0.29) is 5.69 Å². The van der Waals surface area contributed by atoms with Crippen molar-refractivity contribution in [2.75, 3.05) is 37.6 Å². The van der Waals surface area contributed by atoms with Crippen molar-refractivity contribution in [2.45, 2.75) is 45.3 Å². The molecular weight excluding hydrogens is 394 g/mol. The Balaban J connectivity index is 1.39. The Kier molecular flexibility index (Phi) is 6.35. The maximum absolute atomic E-state index is 11.1. The molecule has 2 aromatic rings. The van der Waals surface area contributed by atoms with Crippen molar-refractivity contribution in [3.63, 3.8) is 0 Å². The second kappa shape index (κ2) is 9.16. The summed E-state index contributed by atoms with van der Waals surface area (Å²) < 4.78 is 5.83. The molecule has 0 aliphatic carbocycles. The second-order valence-corrected chi connectivity index (χ2v) is 8.83. The maximum Gasteiger partial charge on any atom is 0.270 e. The first-order chi connectivity index (χ1) is 14.9. The van der Waals surface area contributed by atoms with Crippen molar-refractivity contribution in [3.8, 4) is 6.07 Å². The number of rotatable bonds is 5. The number of hydrogen-bond acceptors (Lipinski definition) is 7. The Morgan fingerprint density at radius 3 is 2.58 bits per heavy atom. The molecule has 3 heterocycles. The number of pyridine rings is 1. The predicted octanol–water partition coefficient (Wildman–Crippen LogP) is 3.73. The number of benzene rings is 1. The first kappa shape index (κ1) is 21.5. The van der Waals surface area contributed by atoms with Gasteiger partial charge >= 0.3 is 0 Å². The lowest BCUT2D eigenvalue weighted by Crippen LogP contribution is -2.46. The molecule has 2 fully saturated rings. The summed E-state index contributed by atoms with van der Waals surface area (Å²) in [5.41, 5.74) is 1.03. The third-order valence-corrected chi connectivity index (χ3v) is 6.40. The number of aromatic nitrogens is 1. The van der Waals surface area contributed by atoms with Gasteiger partial charge < -0.3 is 9.64 Å². The molecule has 0 spiro atoms. The van der Waals surface area contributed by atoms with E-state index in [0.717, 1.165) is 51.4 Å². The zero-order valence-electron chi connectivity index (χ0n) is 18.2. The molecule has 8 heteroatoms. The molecule has 1 aromatic carbocycles. The second-order valence-electron chi connectivity index (χ2n) is 8.83. The van der Waals surface area contributed by atoms with E-state index in [1.165, 1.54) is 18.6 Å². The van der Waals surface area contributed by atoms with E-state index >= 15 is 0 Å². The minimum atomic E-state index is -0.447. The number of non-ortho nitro benzene ring substituents is 1. The highest BCUT2D eigenvalue weighted by molar-refractivity contribution is 5.88. The van der Waals surface area contributed by atoms with Crippen LogP contribution in [0.4, 0.5) is 11.5 Å². The zero-order chi connectivity index (χ0) is 22.0. The summed E-state index contributed by atoms with van der Waals surface area (Å²) >= 11 is 0. The van der Waals surface area contributed by atoms with Gasteiger partial charge in [0.15, 0.2) is 0 Å². The number of nitro groups is 1. The van der Waals surface area contributed by atoms with Gasteiger partial charge in [-0.1, -0.05) is 0 Å². The van der Waals surface area contributed by atoms with Crippen molar-refractivity contribution in [1.29, 1.82) is 5.26 Å². The quantitative estimate of drug-likeness (QED) is 0.534. The van der Waals surface area contributed by atoms with Gasteiger partial charge in [-0.05, 0) is 57.7 Å². The predicted molar refractivity (Wildman–Crippen MR) is 119 cm³/mol. The smallest absolute Gasteiger partial charge is 0.270 e. The van der Waals surface area contributed by atoms with Crippen molar-refractivity contribution >= 4 is 22.4 Å². The fourth-order valence-corrected chi connectivity index (χ4v) is 4.85. The molecule has 1 aromatic heterocycles. The highest BCUT2D eigenvalue weighted by Crippen LogP contribution is 2.29. The van der Waals surface area contributed by atoms with Gasteiger partial charge in [0.05, 0.1) is 34.3 Å². The van der Waals surface area contributed by atoms with Crippen LogP contribution >= 0.6 is 0 Å². The van der Waals surface area contributed by atoms with Crippen LogP contribution < -0.4 is 4.90 Å². The minimum absolute atomic E-state index is 0.0246. The molecule has 2 saturated heterocycles. The van der Waals surface area contributed by atoms with Gasteiger partial charge in [0.25, 0.3) is 5.69 Å². The molecular formula is C23H29N5O3. The van der Waals surface area contributed by atoms with Crippen LogP contribution in [0.1, 0.15) is 38.7 Å². The van der Waals surface area contributed by atoms with Gasteiger partial charge in [-0.3, -0.25) is 15.0 Å². The van der Waals surface area contributed by atoms with Crippen LogP contribution in [0.5, 0.6) is 0 Å². The number of ether oxygens (including phenoxy) is 1. The summed E-state index contributed by atoms with van der Waals surface area (Å²) in [7, 11) is 0. The third kappa shape index (κ3) is 4.94. The van der Waals surface area contributed by atoms with E-state index in [2.05, 4.69) is 29.7 Å². The summed E-state index contributed by atoms with van der Waals surface area (Å²) in [5.74, 6) is 1.48. The molecule has 2 atom stereocenters. The highest BCUT2D eigenvalue weighted by atomic mass is 16.6. The number of nitro benzene ring substituents is 1. The lowest BCUT2D eigenvalue weighted by Gasteiger charge is -2.37. The third-order valence-electron chi connectivity index (χ3n) is 6.40. The number of anilines is 1.